The Bertz CT molecular complexity index is 673. The average molecular weight is 270 g/mol. The molecule has 4 N–H and O–H groups in total. The van der Waals surface area contributed by atoms with Gasteiger partial charge in [-0.2, -0.15) is 0 Å². The minimum absolute atomic E-state index is 0.0443. The van der Waals surface area contributed by atoms with Gasteiger partial charge < -0.3 is 16.0 Å². The van der Waals surface area contributed by atoms with Crippen molar-refractivity contribution in [2.45, 2.75) is 37.8 Å². The lowest BCUT2D eigenvalue weighted by Gasteiger charge is -2.60. The minimum Gasteiger partial charge on any atom is -0.360 e. The topological polar surface area (TPSA) is 83.8 Å². The highest BCUT2D eigenvalue weighted by Gasteiger charge is 2.57. The Morgan fingerprint density at radius 3 is 3.05 bits per heavy atom. The van der Waals surface area contributed by atoms with E-state index in [4.69, 9.17) is 5.73 Å². The molecule has 5 heteroatoms. The van der Waals surface area contributed by atoms with Crippen molar-refractivity contribution in [3.63, 3.8) is 0 Å². The van der Waals surface area contributed by atoms with E-state index in [0.29, 0.717) is 5.56 Å². The molecule has 0 aromatic carbocycles. The fraction of sp³-hybridized carbons (Fsp3) is 0.467. The molecule has 0 radical (unpaired) electrons. The molecule has 104 valence electrons. The van der Waals surface area contributed by atoms with Gasteiger partial charge in [0.05, 0.1) is 16.6 Å². The van der Waals surface area contributed by atoms with E-state index in [1.807, 2.05) is 18.3 Å². The third-order valence-electron chi connectivity index (χ3n) is 5.17. The van der Waals surface area contributed by atoms with Gasteiger partial charge in [0.1, 0.15) is 0 Å². The number of hydrogen-bond acceptors (Lipinski definition) is 3. The van der Waals surface area contributed by atoms with Crippen LogP contribution in [0, 0.1) is 5.41 Å². The Balaban J connectivity index is 1.53. The summed E-state index contributed by atoms with van der Waals surface area (Å²) in [7, 11) is 0. The zero-order valence-electron chi connectivity index (χ0n) is 11.2. The van der Waals surface area contributed by atoms with Crippen LogP contribution in [0.5, 0.6) is 0 Å². The average Bonchev–Trinajstić information content (AvgIpc) is 2.82. The fourth-order valence-corrected chi connectivity index (χ4v) is 3.63. The molecular weight excluding hydrogens is 252 g/mol. The lowest BCUT2D eigenvalue weighted by atomic mass is 9.50. The third kappa shape index (κ3) is 1.53. The van der Waals surface area contributed by atoms with Crippen LogP contribution in [-0.2, 0) is 0 Å². The third-order valence-corrected chi connectivity index (χ3v) is 5.17. The number of amides is 1. The first-order valence-corrected chi connectivity index (χ1v) is 7.19. The number of nitrogens with two attached hydrogens (primary N) is 1. The fourth-order valence-electron chi connectivity index (χ4n) is 3.63. The maximum atomic E-state index is 12.3. The maximum Gasteiger partial charge on any atom is 0.253 e. The minimum atomic E-state index is -0.0443. The molecule has 2 aromatic rings. The molecule has 2 unspecified atom stereocenters. The summed E-state index contributed by atoms with van der Waals surface area (Å²) in [5.74, 6) is -0.0443. The number of fused-ring (bicyclic) bond motifs is 1. The molecule has 2 heterocycles. The number of aromatic nitrogens is 2. The van der Waals surface area contributed by atoms with Gasteiger partial charge in [0, 0.05) is 29.9 Å². The van der Waals surface area contributed by atoms with Crippen molar-refractivity contribution < 1.29 is 4.79 Å². The highest BCUT2D eigenvalue weighted by molar-refractivity contribution is 5.97. The first-order valence-electron chi connectivity index (χ1n) is 7.19. The highest BCUT2D eigenvalue weighted by atomic mass is 16.1. The number of hydrogen-bond donors (Lipinski definition) is 3. The van der Waals surface area contributed by atoms with Crippen LogP contribution >= 0.6 is 0 Å². The van der Waals surface area contributed by atoms with Gasteiger partial charge in [-0.3, -0.25) is 9.78 Å². The Kier molecular flexibility index (Phi) is 2.41. The predicted octanol–water partition coefficient (Wildman–Crippen LogP) is 1.56. The van der Waals surface area contributed by atoms with Crippen LogP contribution in [0.4, 0.5) is 0 Å². The number of carbonyl (C=O) groups excluding carboxylic acids is 1. The van der Waals surface area contributed by atoms with E-state index in [0.717, 1.165) is 30.3 Å². The molecule has 2 aliphatic rings. The molecule has 2 aromatic heterocycles. The van der Waals surface area contributed by atoms with E-state index in [9.17, 15) is 4.79 Å². The van der Waals surface area contributed by atoms with Crippen molar-refractivity contribution in [3.8, 4) is 0 Å². The highest BCUT2D eigenvalue weighted by Crippen LogP contribution is 2.55. The van der Waals surface area contributed by atoms with E-state index in [2.05, 4.69) is 15.3 Å². The van der Waals surface area contributed by atoms with Gasteiger partial charge in [0.2, 0.25) is 0 Å². The van der Waals surface area contributed by atoms with Crippen molar-refractivity contribution in [3.05, 3.63) is 30.1 Å². The molecule has 5 nitrogen and oxygen atoms in total. The summed E-state index contributed by atoms with van der Waals surface area (Å²) in [6, 6.07) is 4.23. The quantitative estimate of drug-likeness (QED) is 0.774. The van der Waals surface area contributed by atoms with Gasteiger partial charge in [-0.05, 0) is 31.4 Å². The number of pyridine rings is 1. The molecule has 2 saturated carbocycles. The van der Waals surface area contributed by atoms with Crippen LogP contribution in [0.15, 0.2) is 24.5 Å². The summed E-state index contributed by atoms with van der Waals surface area (Å²) in [6.45, 7) is 0. The molecule has 0 saturated heterocycles. The van der Waals surface area contributed by atoms with Gasteiger partial charge >= 0.3 is 0 Å². The van der Waals surface area contributed by atoms with Gasteiger partial charge in [-0.1, -0.05) is 6.42 Å². The normalized spacial score (nSPS) is 27.1. The zero-order valence-corrected chi connectivity index (χ0v) is 11.2. The smallest absolute Gasteiger partial charge is 0.253 e. The summed E-state index contributed by atoms with van der Waals surface area (Å²) < 4.78 is 0. The Labute approximate surface area is 117 Å². The van der Waals surface area contributed by atoms with Crippen molar-refractivity contribution in [2.24, 2.45) is 11.1 Å². The molecule has 2 fully saturated rings. The largest absolute Gasteiger partial charge is 0.360 e. The van der Waals surface area contributed by atoms with E-state index >= 15 is 0 Å². The van der Waals surface area contributed by atoms with Gasteiger partial charge in [0.25, 0.3) is 5.91 Å². The lowest BCUT2D eigenvalue weighted by Crippen LogP contribution is -2.69. The first kappa shape index (κ1) is 11.9. The first-order chi connectivity index (χ1) is 9.69. The van der Waals surface area contributed by atoms with Crippen LogP contribution in [0.3, 0.4) is 0 Å². The van der Waals surface area contributed by atoms with E-state index in [1.165, 1.54) is 6.42 Å². The maximum absolute atomic E-state index is 12.3. The van der Waals surface area contributed by atoms with Crippen molar-refractivity contribution in [1.82, 2.24) is 15.3 Å². The predicted molar refractivity (Wildman–Crippen MR) is 76.2 cm³/mol. The van der Waals surface area contributed by atoms with Crippen LogP contribution in [0.2, 0.25) is 0 Å². The number of rotatable bonds is 2. The molecule has 20 heavy (non-hydrogen) atoms. The Morgan fingerprint density at radius 1 is 1.50 bits per heavy atom. The van der Waals surface area contributed by atoms with Gasteiger partial charge in [-0.25, -0.2) is 0 Å². The molecule has 1 spiro atoms. The van der Waals surface area contributed by atoms with Crippen LogP contribution < -0.4 is 11.1 Å². The molecule has 1 amide bonds. The summed E-state index contributed by atoms with van der Waals surface area (Å²) in [5.41, 5.74) is 8.67. The monoisotopic (exact) mass is 270 g/mol. The Morgan fingerprint density at radius 2 is 2.35 bits per heavy atom. The van der Waals surface area contributed by atoms with Crippen LogP contribution in [0.1, 0.15) is 36.0 Å². The summed E-state index contributed by atoms with van der Waals surface area (Å²) >= 11 is 0. The second-order valence-corrected chi connectivity index (χ2v) is 6.09. The molecule has 0 bridgehead atoms. The molecule has 0 aliphatic heterocycles. The van der Waals surface area contributed by atoms with E-state index < -0.39 is 0 Å². The van der Waals surface area contributed by atoms with Gasteiger partial charge in [0.15, 0.2) is 0 Å². The second kappa shape index (κ2) is 4.06. The Hall–Kier alpha value is -1.88. The molecule has 4 rings (SSSR count). The molecule has 2 atom stereocenters. The number of nitrogens with one attached hydrogen (secondary N) is 2. The lowest BCUT2D eigenvalue weighted by molar-refractivity contribution is -0.0389. The standard InChI is InChI=1S/C15H18N4O/c16-12-7-13(15(12)3-1-4-15)19-14(20)9-6-11-10(18-8-9)2-5-17-11/h2,5-6,8,12-13,17H,1,3-4,7,16H2,(H,19,20). The number of carbonyl (C=O) groups is 1. The SMILES string of the molecule is NC1CC(NC(=O)c2cnc3cc[nH]c3c2)C12CCC2. The van der Waals surface area contributed by atoms with Crippen molar-refractivity contribution in [2.75, 3.05) is 0 Å². The summed E-state index contributed by atoms with van der Waals surface area (Å²) in [6.07, 6.45) is 7.88. The number of nitrogens with zero attached hydrogens (tertiary/aromatic N) is 1. The summed E-state index contributed by atoms with van der Waals surface area (Å²) in [5, 5.41) is 3.14. The molecule has 2 aliphatic carbocycles. The second-order valence-electron chi connectivity index (χ2n) is 6.09. The van der Waals surface area contributed by atoms with Crippen LogP contribution in [0.25, 0.3) is 11.0 Å². The van der Waals surface area contributed by atoms with E-state index in [-0.39, 0.29) is 23.4 Å². The van der Waals surface area contributed by atoms with E-state index in [1.54, 1.807) is 6.20 Å². The van der Waals surface area contributed by atoms with Crippen LogP contribution in [-0.4, -0.2) is 28.0 Å². The van der Waals surface area contributed by atoms with Crippen molar-refractivity contribution in [1.29, 1.82) is 0 Å². The number of H-pyrrole nitrogens is 1. The molecular formula is C15H18N4O. The van der Waals surface area contributed by atoms with Crippen molar-refractivity contribution >= 4 is 16.9 Å². The zero-order chi connectivity index (χ0) is 13.7. The van der Waals surface area contributed by atoms with Gasteiger partial charge in [-0.15, -0.1) is 0 Å². The number of aromatic amines is 1. The summed E-state index contributed by atoms with van der Waals surface area (Å²) in [4.78, 5) is 19.7.